The molecule has 0 atom stereocenters. The molecule has 17 heavy (non-hydrogen) atoms. The van der Waals surface area contributed by atoms with Crippen molar-refractivity contribution in [2.75, 3.05) is 5.75 Å². The average molecular weight is 252 g/mol. The maximum Gasteiger partial charge on any atom is 0.335 e. The molecule has 0 bridgehead atoms. The van der Waals surface area contributed by atoms with Crippen LogP contribution in [0.2, 0.25) is 0 Å². The van der Waals surface area contributed by atoms with Gasteiger partial charge in [0.15, 0.2) is 9.84 Å². The summed E-state index contributed by atoms with van der Waals surface area (Å²) < 4.78 is 23.5. The molecule has 0 aliphatic heterocycles. The van der Waals surface area contributed by atoms with Crippen LogP contribution in [0.25, 0.3) is 0 Å². The Kier molecular flexibility index (Phi) is 4.30. The molecule has 5 heteroatoms. The predicted molar refractivity (Wildman–Crippen MR) is 63.5 cm³/mol. The van der Waals surface area contributed by atoms with Gasteiger partial charge in [0.1, 0.15) is 0 Å². The van der Waals surface area contributed by atoms with Gasteiger partial charge >= 0.3 is 5.97 Å². The molecule has 0 aliphatic carbocycles. The van der Waals surface area contributed by atoms with Crippen LogP contribution in [0.3, 0.4) is 0 Å². The molecule has 1 N–H and O–H groups in total. The van der Waals surface area contributed by atoms with Gasteiger partial charge in [0, 0.05) is 6.42 Å². The first-order valence-corrected chi connectivity index (χ1v) is 6.62. The first-order valence-electron chi connectivity index (χ1n) is 4.97. The fraction of sp³-hybridized carbons (Fsp3) is 0.250. The number of benzene rings is 1. The molecule has 0 fully saturated rings. The quantitative estimate of drug-likeness (QED) is 0.638. The molecule has 90 valence electrons. The summed E-state index contributed by atoms with van der Waals surface area (Å²) in [5, 5.41) is 8.68. The molecule has 1 aromatic rings. The fourth-order valence-corrected chi connectivity index (χ4v) is 2.60. The van der Waals surface area contributed by atoms with Gasteiger partial charge < -0.3 is 5.11 Å². The molecule has 0 heterocycles. The minimum absolute atomic E-state index is 0.0242. The van der Waals surface area contributed by atoms with Gasteiger partial charge in [-0.3, -0.25) is 0 Å². The number of carboxylic acids is 1. The Morgan fingerprint density at radius 2 is 1.88 bits per heavy atom. The minimum Gasteiger partial charge on any atom is -0.478 e. The molecule has 1 aromatic carbocycles. The van der Waals surface area contributed by atoms with Gasteiger partial charge in [0.2, 0.25) is 0 Å². The van der Waals surface area contributed by atoms with E-state index >= 15 is 0 Å². The lowest BCUT2D eigenvalue weighted by molar-refractivity contribution is 0.0697. The molecular formula is C12H12O4S. The van der Waals surface area contributed by atoms with Gasteiger partial charge in [-0.1, -0.05) is 0 Å². The van der Waals surface area contributed by atoms with E-state index in [1.165, 1.54) is 24.3 Å². The molecule has 0 aromatic heterocycles. The van der Waals surface area contributed by atoms with E-state index in [-0.39, 0.29) is 16.2 Å². The van der Waals surface area contributed by atoms with E-state index in [1.807, 2.05) is 0 Å². The van der Waals surface area contributed by atoms with Gasteiger partial charge in [-0.15, -0.1) is 12.3 Å². The number of carbonyl (C=O) groups is 1. The molecule has 0 saturated carbocycles. The minimum atomic E-state index is -3.36. The van der Waals surface area contributed by atoms with Crippen LogP contribution in [0, 0.1) is 12.3 Å². The number of terminal acetylenes is 1. The van der Waals surface area contributed by atoms with Crippen molar-refractivity contribution in [3.05, 3.63) is 29.8 Å². The molecule has 1 rings (SSSR count). The molecule has 0 spiro atoms. The number of hydrogen-bond acceptors (Lipinski definition) is 3. The number of hydrogen-bond donors (Lipinski definition) is 1. The van der Waals surface area contributed by atoms with Gasteiger partial charge in [-0.2, -0.15) is 0 Å². The Hall–Kier alpha value is -1.80. The highest BCUT2D eigenvalue weighted by molar-refractivity contribution is 7.91. The van der Waals surface area contributed by atoms with Gasteiger partial charge in [-0.25, -0.2) is 13.2 Å². The average Bonchev–Trinajstić information content (AvgIpc) is 2.29. The highest BCUT2D eigenvalue weighted by Crippen LogP contribution is 2.13. The summed E-state index contributed by atoms with van der Waals surface area (Å²) in [6.45, 7) is 0. The fourth-order valence-electron chi connectivity index (χ4n) is 1.29. The number of sulfone groups is 1. The van der Waals surface area contributed by atoms with Gasteiger partial charge in [0.05, 0.1) is 16.2 Å². The van der Waals surface area contributed by atoms with Crippen molar-refractivity contribution in [3.8, 4) is 12.3 Å². The van der Waals surface area contributed by atoms with E-state index in [4.69, 9.17) is 11.5 Å². The maximum absolute atomic E-state index is 11.8. The van der Waals surface area contributed by atoms with Gasteiger partial charge in [0.25, 0.3) is 0 Å². The Morgan fingerprint density at radius 1 is 1.29 bits per heavy atom. The van der Waals surface area contributed by atoms with Crippen LogP contribution in [0.1, 0.15) is 23.2 Å². The first kappa shape index (κ1) is 13.3. The lowest BCUT2D eigenvalue weighted by Crippen LogP contribution is -2.07. The normalized spacial score (nSPS) is 10.8. The molecule has 0 aliphatic rings. The van der Waals surface area contributed by atoms with Crippen LogP contribution in [-0.4, -0.2) is 25.2 Å². The molecule has 4 nitrogen and oxygen atoms in total. The lowest BCUT2D eigenvalue weighted by Gasteiger charge is -2.03. The van der Waals surface area contributed by atoms with E-state index < -0.39 is 15.8 Å². The van der Waals surface area contributed by atoms with Crippen LogP contribution in [0.15, 0.2) is 29.2 Å². The van der Waals surface area contributed by atoms with Crippen molar-refractivity contribution in [1.82, 2.24) is 0 Å². The third-order valence-corrected chi connectivity index (χ3v) is 4.01. The van der Waals surface area contributed by atoms with E-state index in [0.717, 1.165) is 0 Å². The monoisotopic (exact) mass is 252 g/mol. The molecule has 0 amide bonds. The first-order chi connectivity index (χ1) is 7.97. The van der Waals surface area contributed by atoms with E-state index in [1.54, 1.807) is 0 Å². The Morgan fingerprint density at radius 3 is 2.35 bits per heavy atom. The third-order valence-electron chi connectivity index (χ3n) is 2.19. The molecule has 0 radical (unpaired) electrons. The van der Waals surface area contributed by atoms with Crippen LogP contribution >= 0.6 is 0 Å². The number of aromatic carboxylic acids is 1. The van der Waals surface area contributed by atoms with Crippen molar-refractivity contribution in [2.45, 2.75) is 17.7 Å². The topological polar surface area (TPSA) is 71.4 Å². The van der Waals surface area contributed by atoms with Crippen molar-refractivity contribution in [3.63, 3.8) is 0 Å². The number of unbranched alkanes of at least 4 members (excludes halogenated alkanes) is 1. The smallest absolute Gasteiger partial charge is 0.335 e. The standard InChI is InChI=1S/C12H12O4S/c1-2-3-4-9-17(15,16)11-7-5-10(6-8-11)12(13)14/h1,5-8H,3-4,9H2,(H,13,14). The highest BCUT2D eigenvalue weighted by Gasteiger charge is 2.14. The van der Waals surface area contributed by atoms with E-state index in [0.29, 0.717) is 12.8 Å². The Bertz CT molecular complexity index is 535. The summed E-state index contributed by atoms with van der Waals surface area (Å²) in [6, 6.07) is 5.15. The van der Waals surface area contributed by atoms with E-state index in [9.17, 15) is 13.2 Å². The van der Waals surface area contributed by atoms with Crippen molar-refractivity contribution >= 4 is 15.8 Å². The lowest BCUT2D eigenvalue weighted by atomic mass is 10.2. The zero-order valence-corrected chi connectivity index (χ0v) is 9.90. The van der Waals surface area contributed by atoms with Crippen molar-refractivity contribution in [1.29, 1.82) is 0 Å². The maximum atomic E-state index is 11.8. The summed E-state index contributed by atoms with van der Waals surface area (Å²) in [7, 11) is -3.36. The van der Waals surface area contributed by atoms with Crippen LogP contribution in [0.5, 0.6) is 0 Å². The second kappa shape index (κ2) is 5.51. The molecular weight excluding hydrogens is 240 g/mol. The van der Waals surface area contributed by atoms with E-state index in [2.05, 4.69) is 5.92 Å². The summed E-state index contributed by atoms with van der Waals surface area (Å²) in [4.78, 5) is 10.7. The largest absolute Gasteiger partial charge is 0.478 e. The predicted octanol–water partition coefficient (Wildman–Crippen LogP) is 1.57. The van der Waals surface area contributed by atoms with Crippen LogP contribution in [-0.2, 0) is 9.84 Å². The zero-order chi connectivity index (χ0) is 12.9. The van der Waals surface area contributed by atoms with Crippen LogP contribution < -0.4 is 0 Å². The number of rotatable bonds is 5. The SMILES string of the molecule is C#CCCCS(=O)(=O)c1ccc(C(=O)O)cc1. The molecule has 0 saturated heterocycles. The molecule has 0 unspecified atom stereocenters. The summed E-state index contributed by atoms with van der Waals surface area (Å²) in [5.74, 6) is 1.27. The third kappa shape index (κ3) is 3.61. The van der Waals surface area contributed by atoms with Crippen molar-refractivity contribution in [2.24, 2.45) is 0 Å². The summed E-state index contributed by atoms with van der Waals surface area (Å²) in [6.07, 6.45) is 5.85. The summed E-state index contributed by atoms with van der Waals surface area (Å²) >= 11 is 0. The van der Waals surface area contributed by atoms with Crippen molar-refractivity contribution < 1.29 is 18.3 Å². The summed E-state index contributed by atoms with van der Waals surface area (Å²) in [5.41, 5.74) is 0.0626. The van der Waals surface area contributed by atoms with Crippen LogP contribution in [0.4, 0.5) is 0 Å². The van der Waals surface area contributed by atoms with Gasteiger partial charge in [-0.05, 0) is 30.7 Å². The zero-order valence-electron chi connectivity index (χ0n) is 9.09. The second-order valence-electron chi connectivity index (χ2n) is 3.46. The number of carboxylic acid groups (broad SMARTS) is 1. The highest BCUT2D eigenvalue weighted by atomic mass is 32.2. The Labute approximate surface area is 100 Å². The Balaban J connectivity index is 2.86. The second-order valence-corrected chi connectivity index (χ2v) is 5.57.